The summed E-state index contributed by atoms with van der Waals surface area (Å²) in [7, 11) is 2.08. The van der Waals surface area contributed by atoms with Crippen LogP contribution in [0.4, 0.5) is 10.1 Å². The highest BCUT2D eigenvalue weighted by atomic mass is 32.1. The molecule has 3 rings (SSSR count). The minimum atomic E-state index is -0.454. The van der Waals surface area contributed by atoms with Crippen molar-refractivity contribution in [3.63, 3.8) is 0 Å². The Balaban J connectivity index is 1.63. The van der Waals surface area contributed by atoms with Crippen molar-refractivity contribution < 1.29 is 14.0 Å². The summed E-state index contributed by atoms with van der Waals surface area (Å²) >= 11 is 1.22. The first-order valence-electron chi connectivity index (χ1n) is 12.3. The Hall–Kier alpha value is -3.40. The molecule has 2 amide bonds. The number of nitrogens with zero attached hydrogens (tertiary/aromatic N) is 3. The monoisotopic (exact) mass is 523 g/mol. The normalized spacial score (nSPS) is 11.4. The number of rotatable bonds is 12. The van der Waals surface area contributed by atoms with Crippen LogP contribution in [-0.4, -0.2) is 61.1 Å². The quantitative estimate of drug-likeness (QED) is 0.259. The molecule has 2 aromatic carbocycles. The highest BCUT2D eigenvalue weighted by molar-refractivity contribution is 7.13. The standard InChI is InChI=1S/C28H34FN5O2S/c1-5-34(6-2)14-13-33(4)18-22-10-7-11-23(15-22)27(35)31-25-20(3)19-37-26(25)28(36)32-30-17-21-9-8-12-24(29)16-21/h7-12,15-17,19H,5-6,13-14,18H2,1-4H3,(H,31,35)(H,32,36)/b30-17+. The van der Waals surface area contributed by atoms with Crippen LogP contribution in [0.15, 0.2) is 59.0 Å². The van der Waals surface area contributed by atoms with Gasteiger partial charge in [0.25, 0.3) is 11.8 Å². The zero-order valence-electron chi connectivity index (χ0n) is 21.8. The molecule has 0 radical (unpaired) electrons. The first kappa shape index (κ1) is 28.2. The molecule has 9 heteroatoms. The molecule has 0 bridgehead atoms. The maximum absolute atomic E-state index is 13.3. The molecule has 0 fully saturated rings. The van der Waals surface area contributed by atoms with E-state index in [9.17, 15) is 14.0 Å². The summed E-state index contributed by atoms with van der Waals surface area (Å²) < 4.78 is 13.3. The van der Waals surface area contributed by atoms with Crippen LogP contribution in [0.3, 0.4) is 0 Å². The van der Waals surface area contributed by atoms with Crippen LogP contribution in [0, 0.1) is 12.7 Å². The first-order valence-corrected chi connectivity index (χ1v) is 13.2. The lowest BCUT2D eigenvalue weighted by molar-refractivity contribution is 0.0960. The summed E-state index contributed by atoms with van der Waals surface area (Å²) in [5.41, 5.74) is 5.78. The van der Waals surface area contributed by atoms with Crippen LogP contribution in [0.1, 0.15) is 50.6 Å². The molecule has 1 heterocycles. The van der Waals surface area contributed by atoms with Crippen molar-refractivity contribution in [3.05, 3.63) is 86.9 Å². The molecule has 37 heavy (non-hydrogen) atoms. The van der Waals surface area contributed by atoms with Gasteiger partial charge >= 0.3 is 0 Å². The fourth-order valence-corrected chi connectivity index (χ4v) is 4.70. The third-order valence-corrected chi connectivity index (χ3v) is 7.08. The average molecular weight is 524 g/mol. The Kier molecular flexibility index (Phi) is 10.5. The van der Waals surface area contributed by atoms with Gasteiger partial charge in [0.05, 0.1) is 11.9 Å². The van der Waals surface area contributed by atoms with E-state index in [0.29, 0.717) is 21.7 Å². The molecule has 0 unspecified atom stereocenters. The zero-order chi connectivity index (χ0) is 26.8. The van der Waals surface area contributed by atoms with Crippen LogP contribution in [-0.2, 0) is 6.54 Å². The molecule has 0 aliphatic carbocycles. The largest absolute Gasteiger partial charge is 0.320 e. The lowest BCUT2D eigenvalue weighted by Crippen LogP contribution is -2.32. The second kappa shape index (κ2) is 13.8. The number of hydrogen-bond acceptors (Lipinski definition) is 6. The minimum absolute atomic E-state index is 0.286. The Morgan fingerprint density at radius 1 is 1.05 bits per heavy atom. The van der Waals surface area contributed by atoms with Gasteiger partial charge in [0.1, 0.15) is 10.7 Å². The van der Waals surface area contributed by atoms with E-state index in [1.165, 1.54) is 29.7 Å². The fraction of sp³-hybridized carbons (Fsp3) is 0.321. The van der Waals surface area contributed by atoms with E-state index in [-0.39, 0.29) is 11.7 Å². The molecule has 2 N–H and O–H groups in total. The molecule has 196 valence electrons. The lowest BCUT2D eigenvalue weighted by Gasteiger charge is -2.23. The van der Waals surface area contributed by atoms with Gasteiger partial charge < -0.3 is 15.1 Å². The van der Waals surface area contributed by atoms with Crippen LogP contribution < -0.4 is 10.7 Å². The molecule has 0 spiro atoms. The van der Waals surface area contributed by atoms with Crippen molar-refractivity contribution in [1.29, 1.82) is 0 Å². The van der Waals surface area contributed by atoms with Gasteiger partial charge in [-0.05, 0) is 73.4 Å². The van der Waals surface area contributed by atoms with Crippen LogP contribution >= 0.6 is 11.3 Å². The van der Waals surface area contributed by atoms with Crippen LogP contribution in [0.2, 0.25) is 0 Å². The number of carbonyl (C=O) groups excluding carboxylic acids is 2. The molecule has 0 aliphatic heterocycles. The summed E-state index contributed by atoms with van der Waals surface area (Å²) in [5.74, 6) is -1.12. The van der Waals surface area contributed by atoms with Gasteiger partial charge in [0, 0.05) is 25.2 Å². The van der Waals surface area contributed by atoms with Gasteiger partial charge in [-0.3, -0.25) is 9.59 Å². The summed E-state index contributed by atoms with van der Waals surface area (Å²) in [6.45, 7) is 10.9. The van der Waals surface area contributed by atoms with Crippen molar-refractivity contribution >= 4 is 35.1 Å². The smallest absolute Gasteiger partial charge is 0.283 e. The maximum atomic E-state index is 13.3. The number of likely N-dealkylation sites (N-methyl/N-ethyl adjacent to an activating group) is 2. The van der Waals surface area contributed by atoms with E-state index >= 15 is 0 Å². The second-order valence-electron chi connectivity index (χ2n) is 8.80. The number of anilines is 1. The van der Waals surface area contributed by atoms with Crippen molar-refractivity contribution in [2.45, 2.75) is 27.3 Å². The van der Waals surface area contributed by atoms with Crippen molar-refractivity contribution in [2.24, 2.45) is 5.10 Å². The number of hydrazone groups is 1. The third-order valence-electron chi connectivity index (χ3n) is 5.98. The summed E-state index contributed by atoms with van der Waals surface area (Å²) in [6.07, 6.45) is 1.37. The number of carbonyl (C=O) groups is 2. The Bertz CT molecular complexity index is 1240. The molecule has 0 saturated heterocycles. The highest BCUT2D eigenvalue weighted by Crippen LogP contribution is 2.28. The van der Waals surface area contributed by atoms with Crippen molar-refractivity contribution in [3.8, 4) is 0 Å². The zero-order valence-corrected chi connectivity index (χ0v) is 22.6. The molecular weight excluding hydrogens is 489 g/mol. The van der Waals surface area contributed by atoms with Gasteiger partial charge in [-0.15, -0.1) is 11.3 Å². The van der Waals surface area contributed by atoms with Crippen LogP contribution in [0.25, 0.3) is 0 Å². The summed E-state index contributed by atoms with van der Waals surface area (Å²) in [4.78, 5) is 30.8. The average Bonchev–Trinajstić information content (AvgIpc) is 3.24. The summed E-state index contributed by atoms with van der Waals surface area (Å²) in [5, 5.41) is 8.62. The Morgan fingerprint density at radius 2 is 1.81 bits per heavy atom. The Labute approximate surface area is 222 Å². The van der Waals surface area contributed by atoms with Crippen LogP contribution in [0.5, 0.6) is 0 Å². The maximum Gasteiger partial charge on any atom is 0.283 e. The topological polar surface area (TPSA) is 77.0 Å². The molecule has 1 aromatic heterocycles. The lowest BCUT2D eigenvalue weighted by atomic mass is 10.1. The number of nitrogens with one attached hydrogen (secondary N) is 2. The number of halogens is 1. The molecule has 0 aliphatic rings. The van der Waals surface area contributed by atoms with Gasteiger partial charge in [-0.25, -0.2) is 9.82 Å². The number of hydrogen-bond donors (Lipinski definition) is 2. The van der Waals surface area contributed by atoms with Gasteiger partial charge in [-0.1, -0.05) is 38.1 Å². The molecule has 3 aromatic rings. The number of aryl methyl sites for hydroxylation is 1. The van der Waals surface area contributed by atoms with Gasteiger partial charge in [0.15, 0.2) is 0 Å². The predicted molar refractivity (Wildman–Crippen MR) is 149 cm³/mol. The first-order chi connectivity index (χ1) is 17.8. The van der Waals surface area contributed by atoms with Crippen molar-refractivity contribution in [1.82, 2.24) is 15.2 Å². The minimum Gasteiger partial charge on any atom is -0.320 e. The molecule has 0 saturated carbocycles. The van der Waals surface area contributed by atoms with Crippen molar-refractivity contribution in [2.75, 3.05) is 38.5 Å². The van der Waals surface area contributed by atoms with E-state index in [2.05, 4.69) is 46.5 Å². The SMILES string of the molecule is CCN(CC)CCN(C)Cc1cccc(C(=O)Nc2c(C)csc2C(=O)N/N=C/c2cccc(F)c2)c1. The van der Waals surface area contributed by atoms with Gasteiger partial charge in [0.2, 0.25) is 0 Å². The summed E-state index contributed by atoms with van der Waals surface area (Å²) in [6, 6.07) is 13.4. The van der Waals surface area contributed by atoms with E-state index in [1.54, 1.807) is 18.2 Å². The number of benzene rings is 2. The highest BCUT2D eigenvalue weighted by Gasteiger charge is 2.19. The van der Waals surface area contributed by atoms with E-state index in [0.717, 1.165) is 43.9 Å². The molecule has 7 nitrogen and oxygen atoms in total. The molecular formula is C28H34FN5O2S. The van der Waals surface area contributed by atoms with E-state index in [4.69, 9.17) is 0 Å². The van der Waals surface area contributed by atoms with E-state index in [1.807, 2.05) is 30.5 Å². The predicted octanol–water partition coefficient (Wildman–Crippen LogP) is 4.99. The Morgan fingerprint density at radius 3 is 2.54 bits per heavy atom. The van der Waals surface area contributed by atoms with Gasteiger partial charge in [-0.2, -0.15) is 5.10 Å². The molecule has 0 atom stereocenters. The third kappa shape index (κ3) is 8.31. The second-order valence-corrected chi connectivity index (χ2v) is 9.68. The fourth-order valence-electron chi connectivity index (χ4n) is 3.81. The number of thiophene rings is 1. The van der Waals surface area contributed by atoms with E-state index < -0.39 is 5.91 Å². The number of amides is 2.